The molecule has 0 spiro atoms. The molecule has 0 bridgehead atoms. The van der Waals surface area contributed by atoms with Crippen LogP contribution in [-0.2, 0) is 0 Å². The van der Waals surface area contributed by atoms with Gasteiger partial charge in [0.1, 0.15) is 10.2 Å². The Morgan fingerprint density at radius 1 is 1.60 bits per heavy atom. The van der Waals surface area contributed by atoms with E-state index in [0.717, 1.165) is 11.5 Å². The highest BCUT2D eigenvalue weighted by Gasteiger charge is 1.98. The fourth-order valence-corrected chi connectivity index (χ4v) is 1.31. The number of hydrogen-bond donors (Lipinski definition) is 1. The van der Waals surface area contributed by atoms with Crippen LogP contribution >= 0.6 is 11.5 Å². The third kappa shape index (κ3) is 0.640. The molecule has 0 aromatic carbocycles. The summed E-state index contributed by atoms with van der Waals surface area (Å²) in [5, 5.41) is 0. The van der Waals surface area contributed by atoms with Crippen LogP contribution < -0.4 is 5.56 Å². The van der Waals surface area contributed by atoms with Crippen molar-refractivity contribution in [3.05, 3.63) is 22.9 Å². The molecule has 0 fully saturated rings. The van der Waals surface area contributed by atoms with Crippen molar-refractivity contribution in [1.29, 1.82) is 0 Å². The van der Waals surface area contributed by atoms with Gasteiger partial charge < -0.3 is 4.98 Å². The van der Waals surface area contributed by atoms with Gasteiger partial charge in [-0.15, -0.1) is 0 Å². The Bertz CT molecular complexity index is 404. The third-order valence-corrected chi connectivity index (χ3v) is 1.95. The lowest BCUT2D eigenvalue weighted by Crippen LogP contribution is -2.02. The first-order chi connectivity index (χ1) is 4.88. The Labute approximate surface area is 59.7 Å². The van der Waals surface area contributed by atoms with Crippen LogP contribution in [0.4, 0.5) is 0 Å². The second-order valence-corrected chi connectivity index (χ2v) is 2.57. The number of aromatic amines is 1. The molecule has 2 aromatic rings. The highest BCUT2D eigenvalue weighted by molar-refractivity contribution is 7.13. The summed E-state index contributed by atoms with van der Waals surface area (Å²) >= 11 is 1.16. The van der Waals surface area contributed by atoms with Crippen LogP contribution in [0.5, 0.6) is 0 Å². The van der Waals surface area contributed by atoms with Crippen molar-refractivity contribution in [2.45, 2.75) is 0 Å². The lowest BCUT2D eigenvalue weighted by molar-refractivity contribution is 1.18. The molecule has 0 atom stereocenters. The molecule has 10 heavy (non-hydrogen) atoms. The number of rotatable bonds is 0. The number of fused-ring (bicyclic) bond motifs is 1. The molecule has 2 rings (SSSR count). The highest BCUT2D eigenvalue weighted by atomic mass is 32.1. The van der Waals surface area contributed by atoms with Gasteiger partial charge in [-0.2, -0.15) is 4.37 Å². The van der Waals surface area contributed by atoms with E-state index in [-0.39, 0.29) is 5.56 Å². The number of nitrogens with one attached hydrogen (secondary N) is 1. The van der Waals surface area contributed by atoms with Crippen molar-refractivity contribution in [2.24, 2.45) is 0 Å². The Hall–Kier alpha value is -1.23. The van der Waals surface area contributed by atoms with Crippen molar-refractivity contribution in [1.82, 2.24) is 14.3 Å². The van der Waals surface area contributed by atoms with E-state index in [0.29, 0.717) is 10.2 Å². The van der Waals surface area contributed by atoms with Crippen molar-refractivity contribution < 1.29 is 0 Å². The molecule has 0 aliphatic rings. The molecule has 1 N–H and O–H groups in total. The number of H-pyrrole nitrogens is 1. The maximum atomic E-state index is 10.9. The molecule has 0 unspecified atom stereocenters. The molecule has 0 saturated heterocycles. The largest absolute Gasteiger partial charge is 0.312 e. The predicted molar refractivity (Wildman–Crippen MR) is 38.0 cm³/mol. The molecule has 2 aromatic heterocycles. The maximum Gasteiger partial charge on any atom is 0.270 e. The van der Waals surface area contributed by atoms with Gasteiger partial charge >= 0.3 is 0 Å². The van der Waals surface area contributed by atoms with E-state index in [2.05, 4.69) is 14.3 Å². The average Bonchev–Trinajstić information content (AvgIpc) is 2.36. The van der Waals surface area contributed by atoms with Crippen LogP contribution in [0.2, 0.25) is 0 Å². The lowest BCUT2D eigenvalue weighted by Gasteiger charge is -1.81. The van der Waals surface area contributed by atoms with E-state index < -0.39 is 0 Å². The minimum absolute atomic E-state index is 0.118. The quantitative estimate of drug-likeness (QED) is 0.595. The van der Waals surface area contributed by atoms with Crippen molar-refractivity contribution in [3.63, 3.8) is 0 Å². The van der Waals surface area contributed by atoms with E-state index in [9.17, 15) is 4.79 Å². The predicted octanol–water partition coefficient (Wildman–Crippen LogP) is 0.380. The number of nitrogens with zero attached hydrogens (tertiary/aromatic N) is 2. The molecular formula is C5H3N3OS. The SMILES string of the molecule is O=c1[nH]cnc2cnsc12. The van der Waals surface area contributed by atoms with Crippen LogP contribution in [0, 0.1) is 0 Å². The van der Waals surface area contributed by atoms with Crippen molar-refractivity contribution in [2.75, 3.05) is 0 Å². The summed E-state index contributed by atoms with van der Waals surface area (Å²) in [4.78, 5) is 17.3. The molecule has 0 radical (unpaired) electrons. The van der Waals surface area contributed by atoms with Crippen LogP contribution in [-0.4, -0.2) is 14.3 Å². The van der Waals surface area contributed by atoms with E-state index in [1.54, 1.807) is 6.20 Å². The second-order valence-electron chi connectivity index (χ2n) is 1.77. The normalized spacial score (nSPS) is 10.4. The first-order valence-electron chi connectivity index (χ1n) is 2.66. The molecule has 5 heteroatoms. The lowest BCUT2D eigenvalue weighted by atomic mass is 10.5. The second kappa shape index (κ2) is 1.88. The fourth-order valence-electron chi connectivity index (χ4n) is 0.710. The smallest absolute Gasteiger partial charge is 0.270 e. The Morgan fingerprint density at radius 2 is 2.50 bits per heavy atom. The van der Waals surface area contributed by atoms with Crippen molar-refractivity contribution in [3.8, 4) is 0 Å². The summed E-state index contributed by atoms with van der Waals surface area (Å²) in [6.45, 7) is 0. The fraction of sp³-hybridized carbons (Fsp3) is 0. The van der Waals surface area contributed by atoms with Crippen LogP contribution in [0.15, 0.2) is 17.3 Å². The molecule has 0 aliphatic heterocycles. The summed E-state index contributed by atoms with van der Waals surface area (Å²) in [7, 11) is 0. The van der Waals surface area contributed by atoms with Gasteiger partial charge in [0.2, 0.25) is 0 Å². The van der Waals surface area contributed by atoms with Gasteiger partial charge in [0.15, 0.2) is 0 Å². The minimum atomic E-state index is -0.118. The molecule has 0 aliphatic carbocycles. The summed E-state index contributed by atoms with van der Waals surface area (Å²) in [5.41, 5.74) is 0.543. The van der Waals surface area contributed by atoms with Gasteiger partial charge in [-0.1, -0.05) is 0 Å². The zero-order valence-corrected chi connectivity index (χ0v) is 5.68. The molecular weight excluding hydrogens is 150 g/mol. The Morgan fingerprint density at radius 3 is 3.30 bits per heavy atom. The molecule has 2 heterocycles. The molecule has 4 nitrogen and oxygen atoms in total. The summed E-state index contributed by atoms with van der Waals surface area (Å²) in [6, 6.07) is 0. The standard InChI is InChI=1S/C5H3N3OS/c9-5-4-3(1-8-10-4)6-2-7-5/h1-2H,(H,6,7,9). The molecule has 0 amide bonds. The van der Waals surface area contributed by atoms with Crippen LogP contribution in [0.25, 0.3) is 10.2 Å². The van der Waals surface area contributed by atoms with Gasteiger partial charge in [0.05, 0.1) is 12.5 Å². The molecule has 50 valence electrons. The van der Waals surface area contributed by atoms with E-state index in [4.69, 9.17) is 0 Å². The van der Waals surface area contributed by atoms with Gasteiger partial charge in [0.25, 0.3) is 5.56 Å². The number of aromatic nitrogens is 3. The Balaban J connectivity index is 3.09. The first-order valence-corrected chi connectivity index (χ1v) is 3.43. The topological polar surface area (TPSA) is 58.6 Å². The maximum absolute atomic E-state index is 10.9. The van der Waals surface area contributed by atoms with Gasteiger partial charge in [-0.3, -0.25) is 4.79 Å². The third-order valence-electron chi connectivity index (χ3n) is 1.16. The monoisotopic (exact) mass is 153 g/mol. The average molecular weight is 153 g/mol. The summed E-state index contributed by atoms with van der Waals surface area (Å²) < 4.78 is 4.41. The summed E-state index contributed by atoms with van der Waals surface area (Å²) in [5.74, 6) is 0. The first kappa shape index (κ1) is 5.55. The summed E-state index contributed by atoms with van der Waals surface area (Å²) in [6.07, 6.45) is 2.95. The van der Waals surface area contributed by atoms with E-state index in [1.165, 1.54) is 6.33 Å². The van der Waals surface area contributed by atoms with Crippen LogP contribution in [0.3, 0.4) is 0 Å². The van der Waals surface area contributed by atoms with E-state index >= 15 is 0 Å². The number of hydrogen-bond acceptors (Lipinski definition) is 4. The van der Waals surface area contributed by atoms with E-state index in [1.807, 2.05) is 0 Å². The van der Waals surface area contributed by atoms with Gasteiger partial charge in [0, 0.05) is 0 Å². The van der Waals surface area contributed by atoms with Crippen LogP contribution in [0.1, 0.15) is 0 Å². The van der Waals surface area contributed by atoms with Crippen molar-refractivity contribution >= 4 is 21.7 Å². The Kier molecular flexibility index (Phi) is 1.04. The minimum Gasteiger partial charge on any atom is -0.312 e. The highest BCUT2D eigenvalue weighted by Crippen LogP contribution is 2.07. The van der Waals surface area contributed by atoms with Gasteiger partial charge in [-0.25, -0.2) is 4.98 Å². The van der Waals surface area contributed by atoms with Gasteiger partial charge in [-0.05, 0) is 11.5 Å². The zero-order valence-electron chi connectivity index (χ0n) is 4.87. The molecule has 0 saturated carbocycles. The zero-order chi connectivity index (χ0) is 6.97.